The van der Waals surface area contributed by atoms with E-state index in [9.17, 15) is 13.2 Å². The molecule has 0 radical (unpaired) electrons. The van der Waals surface area contributed by atoms with Crippen molar-refractivity contribution in [1.82, 2.24) is 0 Å². The minimum absolute atomic E-state index is 0.125. The Labute approximate surface area is 225 Å². The smallest absolute Gasteiger partial charge is 0.399 e. The molecule has 0 atom stereocenters. The number of anilines is 1. The molecule has 200 valence electrons. The molecule has 0 fully saturated rings. The van der Waals surface area contributed by atoms with Gasteiger partial charge in [-0.2, -0.15) is 13.2 Å². The van der Waals surface area contributed by atoms with E-state index >= 15 is 0 Å². The minimum Gasteiger partial charge on any atom is -0.399 e. The fourth-order valence-corrected chi connectivity index (χ4v) is 9.66. The van der Waals surface area contributed by atoms with Gasteiger partial charge in [0, 0.05) is 5.69 Å². The summed E-state index contributed by atoms with van der Waals surface area (Å²) in [4.78, 5) is 0. The van der Waals surface area contributed by atoms with Gasteiger partial charge in [0.1, 0.15) is 0 Å². The number of alkyl halides is 3. The SMILES string of the molecule is C=CC[PH](c1ccccc1)(c1ccccc1)c1ccccc1CCCCC.Nc1cccc(C(F)(F)F)c1. The van der Waals surface area contributed by atoms with Gasteiger partial charge in [0.15, 0.2) is 0 Å². The largest absolute Gasteiger partial charge is 0.416 e. The fraction of sp³-hybridized carbons (Fsp3) is 0.212. The van der Waals surface area contributed by atoms with E-state index in [1.165, 1.54) is 47.6 Å². The molecule has 2 N–H and O–H groups in total. The molecular weight excluding hydrogens is 498 g/mol. The average molecular weight is 536 g/mol. The summed E-state index contributed by atoms with van der Waals surface area (Å²) in [6.07, 6.45) is 3.83. The van der Waals surface area contributed by atoms with Crippen molar-refractivity contribution < 1.29 is 13.2 Å². The molecule has 0 bridgehead atoms. The van der Waals surface area contributed by atoms with Crippen molar-refractivity contribution in [2.24, 2.45) is 0 Å². The van der Waals surface area contributed by atoms with Crippen LogP contribution in [-0.4, -0.2) is 6.16 Å². The summed E-state index contributed by atoms with van der Waals surface area (Å²) in [5.74, 6) is 0. The normalized spacial score (nSPS) is 11.8. The second kappa shape index (κ2) is 14.0. The Morgan fingerprint density at radius 1 is 0.763 bits per heavy atom. The molecule has 0 heterocycles. The topological polar surface area (TPSA) is 26.0 Å². The van der Waals surface area contributed by atoms with Gasteiger partial charge in [-0.25, -0.2) is 0 Å². The minimum atomic E-state index is -4.30. The van der Waals surface area contributed by atoms with Crippen molar-refractivity contribution in [3.8, 4) is 0 Å². The maximum atomic E-state index is 11.9. The van der Waals surface area contributed by atoms with E-state index in [2.05, 4.69) is 105 Å². The van der Waals surface area contributed by atoms with Gasteiger partial charge in [-0.05, 0) is 18.2 Å². The Morgan fingerprint density at radius 2 is 1.34 bits per heavy atom. The molecule has 0 aliphatic rings. The van der Waals surface area contributed by atoms with Crippen molar-refractivity contribution in [2.45, 2.75) is 38.8 Å². The summed E-state index contributed by atoms with van der Waals surface area (Å²) >= 11 is 0. The third kappa shape index (κ3) is 7.36. The van der Waals surface area contributed by atoms with E-state index in [1.54, 1.807) is 5.30 Å². The molecule has 0 saturated heterocycles. The third-order valence-electron chi connectivity index (χ3n) is 6.72. The molecule has 4 rings (SSSR count). The molecule has 4 aromatic rings. The molecule has 0 aliphatic carbocycles. The van der Waals surface area contributed by atoms with Gasteiger partial charge in [-0.1, -0.05) is 6.07 Å². The number of halogens is 3. The van der Waals surface area contributed by atoms with Gasteiger partial charge in [-0.3, -0.25) is 0 Å². The number of rotatable bonds is 9. The third-order valence-corrected chi connectivity index (χ3v) is 11.7. The Hall–Kier alpha value is -3.36. The maximum absolute atomic E-state index is 11.9. The number of benzene rings is 4. The van der Waals surface area contributed by atoms with Crippen molar-refractivity contribution in [2.75, 3.05) is 11.9 Å². The summed E-state index contributed by atoms with van der Waals surface area (Å²) in [6.45, 7) is 6.44. The molecule has 4 aromatic carbocycles. The van der Waals surface area contributed by atoms with Gasteiger partial charge in [-0.15, -0.1) is 0 Å². The van der Waals surface area contributed by atoms with Crippen molar-refractivity contribution in [3.63, 3.8) is 0 Å². The van der Waals surface area contributed by atoms with E-state index in [0.29, 0.717) is 0 Å². The molecular formula is C33H37F3NP. The molecule has 0 saturated carbocycles. The van der Waals surface area contributed by atoms with Gasteiger partial charge in [0.2, 0.25) is 0 Å². The number of aryl methyl sites for hydroxylation is 1. The standard InChI is InChI=1S/C26H31P.C7H6F3N/c1-3-5-8-15-23-16-13-14-21-26(23)27(22-4-2,24-17-9-6-10-18-24)25-19-11-7-12-20-25;8-7(9,10)5-2-1-3-6(11)4-5/h4,6-7,9-14,16-21,27H,2-3,5,8,15,22H2,1H3;1-4H,11H2. The summed E-state index contributed by atoms with van der Waals surface area (Å²) in [5, 5.41) is 4.50. The quantitative estimate of drug-likeness (QED) is 0.100. The number of nitrogens with two attached hydrogens (primary N) is 1. The van der Waals surface area contributed by atoms with Crippen LogP contribution in [0.1, 0.15) is 37.3 Å². The fourth-order valence-electron chi connectivity index (χ4n) is 4.92. The second-order valence-corrected chi connectivity index (χ2v) is 13.3. The molecule has 5 heteroatoms. The van der Waals surface area contributed by atoms with Crippen LogP contribution in [0, 0.1) is 0 Å². The molecule has 0 spiro atoms. The van der Waals surface area contributed by atoms with Crippen LogP contribution in [0.4, 0.5) is 18.9 Å². The molecule has 38 heavy (non-hydrogen) atoms. The van der Waals surface area contributed by atoms with Crippen LogP contribution in [0.3, 0.4) is 0 Å². The van der Waals surface area contributed by atoms with Gasteiger partial charge in [0.05, 0.1) is 5.56 Å². The van der Waals surface area contributed by atoms with Gasteiger partial charge in [0.25, 0.3) is 0 Å². The Kier molecular flexibility index (Phi) is 10.7. The van der Waals surface area contributed by atoms with Gasteiger partial charge < -0.3 is 5.73 Å². The van der Waals surface area contributed by atoms with E-state index in [4.69, 9.17) is 5.73 Å². The van der Waals surface area contributed by atoms with Crippen LogP contribution >= 0.6 is 7.26 Å². The summed E-state index contributed by atoms with van der Waals surface area (Å²) in [7, 11) is -2.15. The first kappa shape index (κ1) is 29.2. The Morgan fingerprint density at radius 3 is 1.84 bits per heavy atom. The first-order valence-corrected chi connectivity index (χ1v) is 15.3. The van der Waals surface area contributed by atoms with E-state index < -0.39 is 19.0 Å². The molecule has 1 nitrogen and oxygen atoms in total. The Bertz CT molecular complexity index is 1230. The summed E-state index contributed by atoms with van der Waals surface area (Å²) in [5.41, 5.74) is 6.09. The number of hydrogen-bond donors (Lipinski definition) is 1. The predicted molar refractivity (Wildman–Crippen MR) is 161 cm³/mol. The predicted octanol–water partition coefficient (Wildman–Crippen LogP) is 7.92. The van der Waals surface area contributed by atoms with Gasteiger partial charge >= 0.3 is 171 Å². The molecule has 0 aromatic heterocycles. The molecule has 0 unspecified atom stereocenters. The van der Waals surface area contributed by atoms with Crippen LogP contribution in [0.2, 0.25) is 0 Å². The Balaban J connectivity index is 0.000000304. The monoisotopic (exact) mass is 535 g/mol. The zero-order valence-corrected chi connectivity index (χ0v) is 22.9. The van der Waals surface area contributed by atoms with Crippen molar-refractivity contribution in [3.05, 3.63) is 133 Å². The number of unbranched alkanes of at least 4 members (excludes halogenated alkanes) is 2. The van der Waals surface area contributed by atoms with Crippen LogP contribution in [0.15, 0.2) is 122 Å². The average Bonchev–Trinajstić information content (AvgIpc) is 2.93. The van der Waals surface area contributed by atoms with E-state index in [1.807, 2.05) is 0 Å². The summed E-state index contributed by atoms with van der Waals surface area (Å²) in [6, 6.07) is 36.0. The van der Waals surface area contributed by atoms with Crippen molar-refractivity contribution in [1.29, 1.82) is 0 Å². The maximum Gasteiger partial charge on any atom is 0.416 e. The second-order valence-electron chi connectivity index (χ2n) is 9.37. The zero-order chi connectivity index (χ0) is 27.4. The molecule has 0 amide bonds. The van der Waals surface area contributed by atoms with Crippen LogP contribution in [0.25, 0.3) is 0 Å². The van der Waals surface area contributed by atoms with Crippen LogP contribution in [0.5, 0.6) is 0 Å². The van der Waals surface area contributed by atoms with Crippen LogP contribution < -0.4 is 21.6 Å². The number of hydrogen-bond acceptors (Lipinski definition) is 1. The number of allylic oxidation sites excluding steroid dienone is 1. The molecule has 0 aliphatic heterocycles. The van der Waals surface area contributed by atoms with Crippen LogP contribution in [-0.2, 0) is 12.6 Å². The van der Waals surface area contributed by atoms with E-state index in [0.717, 1.165) is 24.7 Å². The summed E-state index contributed by atoms with van der Waals surface area (Å²) < 4.78 is 35.7. The first-order valence-electron chi connectivity index (χ1n) is 13.1. The van der Waals surface area contributed by atoms with E-state index in [-0.39, 0.29) is 5.69 Å². The number of nitrogen functional groups attached to an aromatic ring is 1. The zero-order valence-electron chi connectivity index (χ0n) is 21.9. The first-order chi connectivity index (χ1) is 18.3. The van der Waals surface area contributed by atoms with Crippen molar-refractivity contribution >= 4 is 28.9 Å².